The molecule has 0 saturated carbocycles. The van der Waals surface area contributed by atoms with E-state index in [1.54, 1.807) is 0 Å². The third-order valence-electron chi connectivity index (χ3n) is 5.41. The first-order valence-corrected chi connectivity index (χ1v) is 10.1. The number of quaternary nitrogens is 1. The van der Waals surface area contributed by atoms with Gasteiger partial charge in [0, 0.05) is 5.41 Å². The first-order valence-electron chi connectivity index (χ1n) is 10.1. The largest absolute Gasteiger partial charge is 1.00 e. The molecule has 0 aromatic heterocycles. The van der Waals surface area contributed by atoms with E-state index in [1.165, 1.54) is 51.9 Å². The number of hydrogen-bond acceptors (Lipinski definition) is 3. The average molecular weight is 392 g/mol. The quantitative estimate of drug-likeness (QED) is 0.253. The van der Waals surface area contributed by atoms with Crippen molar-refractivity contribution in [2.75, 3.05) is 0 Å². The van der Waals surface area contributed by atoms with Gasteiger partial charge in [0.05, 0.1) is 0 Å². The lowest BCUT2D eigenvalue weighted by molar-refractivity contribution is -0.659. The molecule has 156 valence electrons. The van der Waals surface area contributed by atoms with Gasteiger partial charge in [-0.2, -0.15) is 5.90 Å². The molecule has 0 amide bonds. The van der Waals surface area contributed by atoms with Crippen LogP contribution in [0.1, 0.15) is 105 Å². The van der Waals surface area contributed by atoms with Crippen LogP contribution in [-0.2, 0) is 9.63 Å². The summed E-state index contributed by atoms with van der Waals surface area (Å²) in [5, 5.41) is 10.4. The molecule has 0 aliphatic carbocycles. The molecular formula is C21H42ClNO3. The number of rotatable bonds is 15. The molecule has 4 nitrogen and oxygen atoms in total. The van der Waals surface area contributed by atoms with Crippen LogP contribution in [0.3, 0.4) is 0 Å². The highest BCUT2D eigenvalue weighted by atomic mass is 35.5. The minimum absolute atomic E-state index is 0. The molecule has 1 unspecified atom stereocenters. The maximum Gasteiger partial charge on any atom is 0.397 e. The minimum atomic E-state index is -1.49. The van der Waals surface area contributed by atoms with Gasteiger partial charge in [-0.3, -0.25) is 4.84 Å². The van der Waals surface area contributed by atoms with Crippen molar-refractivity contribution in [3.8, 4) is 0 Å². The lowest BCUT2D eigenvalue weighted by Crippen LogP contribution is -3.00. The minimum Gasteiger partial charge on any atom is -1.00 e. The number of allylic oxidation sites excluding steroid dienone is 2. The van der Waals surface area contributed by atoms with E-state index in [-0.39, 0.29) is 12.4 Å². The molecule has 0 radical (unpaired) electrons. The second-order valence-corrected chi connectivity index (χ2v) is 8.02. The first kappa shape index (κ1) is 27.6. The number of hydrogen-bond donors (Lipinski definition) is 2. The van der Waals surface area contributed by atoms with E-state index in [4.69, 9.17) is 0 Å². The summed E-state index contributed by atoms with van der Waals surface area (Å²) in [6, 6.07) is 0. The van der Waals surface area contributed by atoms with E-state index in [2.05, 4.69) is 29.8 Å². The Kier molecular flexibility index (Phi) is 16.4. The van der Waals surface area contributed by atoms with E-state index < -0.39 is 17.0 Å². The number of carbonyl (C=O) groups excluding carboxylic acids is 1. The van der Waals surface area contributed by atoms with Crippen LogP contribution in [0.2, 0.25) is 0 Å². The predicted octanol–water partition coefficient (Wildman–Crippen LogP) is 1.73. The number of aliphatic hydroxyl groups is 1. The van der Waals surface area contributed by atoms with Crippen molar-refractivity contribution < 1.29 is 33.0 Å². The molecule has 0 aromatic carbocycles. The Balaban J connectivity index is 0. The van der Waals surface area contributed by atoms with Gasteiger partial charge in [-0.1, -0.05) is 77.9 Å². The van der Waals surface area contributed by atoms with Gasteiger partial charge in [0.15, 0.2) is 5.60 Å². The summed E-state index contributed by atoms with van der Waals surface area (Å²) in [5.74, 6) is 2.46. The standard InChI is InChI=1S/C21H42NO3.ClH/c1-5-6-7-8-9-10-11-12-13-14-15-16-17-18-20(2,3)21(4,24)19(23)25-22;/h12-13,24H,5-11,14-18H2,1-4,22H3;1H/q+1;/p-1/b13-12-;. The third-order valence-corrected chi connectivity index (χ3v) is 5.41. The van der Waals surface area contributed by atoms with Crippen LogP contribution in [0, 0.1) is 5.41 Å². The highest BCUT2D eigenvalue weighted by Gasteiger charge is 2.47. The molecule has 0 saturated heterocycles. The molecule has 4 N–H and O–H groups in total. The van der Waals surface area contributed by atoms with Gasteiger partial charge in [0.1, 0.15) is 0 Å². The summed E-state index contributed by atoms with van der Waals surface area (Å²) in [7, 11) is 0. The Morgan fingerprint density at radius 2 is 1.38 bits per heavy atom. The normalized spacial score (nSPS) is 14.1. The molecule has 0 spiro atoms. The van der Waals surface area contributed by atoms with Crippen LogP contribution >= 0.6 is 0 Å². The van der Waals surface area contributed by atoms with Gasteiger partial charge >= 0.3 is 5.97 Å². The van der Waals surface area contributed by atoms with Crippen molar-refractivity contribution in [1.29, 1.82) is 0 Å². The van der Waals surface area contributed by atoms with E-state index in [0.29, 0.717) is 0 Å². The molecule has 0 rings (SSSR count). The van der Waals surface area contributed by atoms with Gasteiger partial charge in [-0.25, -0.2) is 4.79 Å². The van der Waals surface area contributed by atoms with Crippen molar-refractivity contribution in [2.45, 2.75) is 110 Å². The number of halogens is 1. The smallest absolute Gasteiger partial charge is 0.397 e. The zero-order valence-corrected chi connectivity index (χ0v) is 18.2. The summed E-state index contributed by atoms with van der Waals surface area (Å²) in [4.78, 5) is 16.1. The monoisotopic (exact) mass is 391 g/mol. The zero-order chi connectivity index (χ0) is 19.2. The summed E-state index contributed by atoms with van der Waals surface area (Å²) in [6.45, 7) is 7.59. The molecule has 1 atom stereocenters. The second kappa shape index (κ2) is 15.5. The number of carbonyl (C=O) groups is 1. The molecule has 0 bridgehead atoms. The lowest BCUT2D eigenvalue weighted by atomic mass is 9.72. The fourth-order valence-corrected chi connectivity index (χ4v) is 2.94. The Morgan fingerprint density at radius 3 is 1.88 bits per heavy atom. The molecule has 0 heterocycles. The highest BCUT2D eigenvalue weighted by molar-refractivity contribution is 5.79. The van der Waals surface area contributed by atoms with Gasteiger partial charge in [-0.05, 0) is 39.0 Å². The topological polar surface area (TPSA) is 74.2 Å². The third kappa shape index (κ3) is 11.2. The van der Waals surface area contributed by atoms with E-state index in [9.17, 15) is 9.90 Å². The molecule has 26 heavy (non-hydrogen) atoms. The SMILES string of the molecule is CCCCCCCC/C=C\CCCCCC(C)(C)C(C)(O)C(=O)O[NH3+].[Cl-]. The Morgan fingerprint density at radius 1 is 0.923 bits per heavy atom. The van der Waals surface area contributed by atoms with Gasteiger partial charge in [0.25, 0.3) is 0 Å². The zero-order valence-electron chi connectivity index (χ0n) is 17.5. The van der Waals surface area contributed by atoms with Gasteiger partial charge in [-0.15, -0.1) is 0 Å². The van der Waals surface area contributed by atoms with Crippen molar-refractivity contribution >= 4 is 5.97 Å². The van der Waals surface area contributed by atoms with E-state index in [0.717, 1.165) is 32.1 Å². The Labute approximate surface area is 167 Å². The van der Waals surface area contributed by atoms with Crippen LogP contribution in [-0.4, -0.2) is 16.7 Å². The van der Waals surface area contributed by atoms with Crippen molar-refractivity contribution in [3.63, 3.8) is 0 Å². The molecule has 0 aliphatic rings. The van der Waals surface area contributed by atoms with Crippen LogP contribution in [0.15, 0.2) is 12.2 Å². The van der Waals surface area contributed by atoms with Gasteiger partial charge < -0.3 is 17.5 Å². The predicted molar refractivity (Wildman–Crippen MR) is 104 cm³/mol. The molecule has 0 aromatic rings. The Bertz CT molecular complexity index is 381. The summed E-state index contributed by atoms with van der Waals surface area (Å²) in [6.07, 6.45) is 19.1. The van der Waals surface area contributed by atoms with Crippen LogP contribution in [0.5, 0.6) is 0 Å². The molecule has 5 heteroatoms. The first-order chi connectivity index (χ1) is 11.8. The van der Waals surface area contributed by atoms with E-state index >= 15 is 0 Å². The van der Waals surface area contributed by atoms with Gasteiger partial charge in [0.2, 0.25) is 0 Å². The van der Waals surface area contributed by atoms with Crippen molar-refractivity contribution in [2.24, 2.45) is 5.41 Å². The lowest BCUT2D eigenvalue weighted by Gasteiger charge is -2.36. The van der Waals surface area contributed by atoms with Crippen molar-refractivity contribution in [3.05, 3.63) is 12.2 Å². The maximum atomic E-state index is 11.7. The fraction of sp³-hybridized carbons (Fsp3) is 0.857. The highest BCUT2D eigenvalue weighted by Crippen LogP contribution is 2.36. The Hall–Kier alpha value is -0.580. The summed E-state index contributed by atoms with van der Waals surface area (Å²) >= 11 is 0. The molecular weight excluding hydrogens is 350 g/mol. The van der Waals surface area contributed by atoms with Crippen LogP contribution < -0.4 is 18.3 Å². The number of unbranched alkanes of at least 4 members (excludes halogenated alkanes) is 9. The second-order valence-electron chi connectivity index (χ2n) is 8.02. The van der Waals surface area contributed by atoms with Crippen LogP contribution in [0.25, 0.3) is 0 Å². The fourth-order valence-electron chi connectivity index (χ4n) is 2.94. The maximum absolute atomic E-state index is 11.7. The average Bonchev–Trinajstić information content (AvgIpc) is 2.57. The molecule has 0 aliphatic heterocycles. The van der Waals surface area contributed by atoms with E-state index in [1.807, 2.05) is 13.8 Å². The summed E-state index contributed by atoms with van der Waals surface area (Å²) < 4.78 is 0. The van der Waals surface area contributed by atoms with Crippen LogP contribution in [0.4, 0.5) is 0 Å². The van der Waals surface area contributed by atoms with Crippen molar-refractivity contribution in [1.82, 2.24) is 0 Å². The summed E-state index contributed by atoms with van der Waals surface area (Å²) in [5.41, 5.74) is -2.01. The molecule has 0 fully saturated rings.